The maximum Gasteiger partial charge on any atom is 0.265 e. The molecule has 0 saturated heterocycles. The molecule has 4 rings (SSSR count). The van der Waals surface area contributed by atoms with Gasteiger partial charge in [-0.05, 0) is 64.7 Å². The zero-order valence-corrected chi connectivity index (χ0v) is 21.2. The molecule has 0 unspecified atom stereocenters. The van der Waals surface area contributed by atoms with Crippen LogP contribution in [0.25, 0.3) is 21.5 Å². The third kappa shape index (κ3) is 4.77. The van der Waals surface area contributed by atoms with E-state index in [9.17, 15) is 4.79 Å². The summed E-state index contributed by atoms with van der Waals surface area (Å²) in [7, 11) is 4.02. The fourth-order valence-corrected chi connectivity index (χ4v) is 5.06. The number of benzene rings is 2. The van der Waals surface area contributed by atoms with Gasteiger partial charge in [0.15, 0.2) is 5.13 Å². The number of hydrogen-bond donors (Lipinski definition) is 0. The SMILES string of the molecule is Cc1onc(-c2ccccc2Cl)c1C(=O)N(CCCN(C)C)c1nc2c(C)c(Cl)ccc2s1. The summed E-state index contributed by atoms with van der Waals surface area (Å²) in [4.78, 5) is 22.5. The summed E-state index contributed by atoms with van der Waals surface area (Å²) in [6, 6.07) is 11.1. The lowest BCUT2D eigenvalue weighted by atomic mass is 10.1. The molecule has 2 aromatic carbocycles. The van der Waals surface area contributed by atoms with E-state index in [1.807, 2.05) is 51.4 Å². The molecule has 4 aromatic rings. The number of nitrogens with zero attached hydrogens (tertiary/aromatic N) is 4. The predicted molar refractivity (Wildman–Crippen MR) is 136 cm³/mol. The van der Waals surface area contributed by atoms with Crippen LogP contribution >= 0.6 is 34.5 Å². The van der Waals surface area contributed by atoms with E-state index in [4.69, 9.17) is 32.7 Å². The molecule has 0 aliphatic rings. The summed E-state index contributed by atoms with van der Waals surface area (Å²) in [6.07, 6.45) is 0.778. The van der Waals surface area contributed by atoms with Crippen LogP contribution in [0.5, 0.6) is 0 Å². The number of fused-ring (bicyclic) bond motifs is 1. The minimum absolute atomic E-state index is 0.217. The Balaban J connectivity index is 1.79. The predicted octanol–water partition coefficient (Wildman–Crippen LogP) is 6.47. The number of rotatable bonds is 7. The lowest BCUT2D eigenvalue weighted by Crippen LogP contribution is -2.34. The van der Waals surface area contributed by atoms with E-state index in [1.165, 1.54) is 11.3 Å². The fourth-order valence-electron chi connectivity index (χ4n) is 3.63. The van der Waals surface area contributed by atoms with Crippen LogP contribution in [-0.2, 0) is 0 Å². The van der Waals surface area contributed by atoms with E-state index in [1.54, 1.807) is 17.9 Å². The van der Waals surface area contributed by atoms with Gasteiger partial charge in [-0.2, -0.15) is 0 Å². The Hall–Kier alpha value is -2.45. The van der Waals surface area contributed by atoms with Crippen molar-refractivity contribution in [2.75, 3.05) is 32.1 Å². The van der Waals surface area contributed by atoms with Crippen LogP contribution in [0.1, 0.15) is 28.1 Å². The first-order chi connectivity index (χ1) is 15.8. The lowest BCUT2D eigenvalue weighted by molar-refractivity contribution is 0.0985. The average Bonchev–Trinajstić information content (AvgIpc) is 3.38. The van der Waals surface area contributed by atoms with Crippen molar-refractivity contribution in [1.82, 2.24) is 15.0 Å². The van der Waals surface area contributed by atoms with Crippen LogP contribution in [-0.4, -0.2) is 48.1 Å². The first-order valence-electron chi connectivity index (χ1n) is 10.5. The van der Waals surface area contributed by atoms with Crippen molar-refractivity contribution in [2.45, 2.75) is 20.3 Å². The first-order valence-corrected chi connectivity index (χ1v) is 12.1. The van der Waals surface area contributed by atoms with Crippen molar-refractivity contribution in [1.29, 1.82) is 0 Å². The van der Waals surface area contributed by atoms with Gasteiger partial charge in [-0.3, -0.25) is 9.69 Å². The highest BCUT2D eigenvalue weighted by Crippen LogP contribution is 2.36. The highest BCUT2D eigenvalue weighted by molar-refractivity contribution is 7.22. The Kier molecular flexibility index (Phi) is 7.05. The Bertz CT molecular complexity index is 1320. The molecule has 9 heteroatoms. The van der Waals surface area contributed by atoms with Gasteiger partial charge >= 0.3 is 0 Å². The van der Waals surface area contributed by atoms with E-state index < -0.39 is 0 Å². The van der Waals surface area contributed by atoms with Crippen molar-refractivity contribution in [3.05, 3.63) is 63.3 Å². The standard InChI is InChI=1S/C24H24Cl2N4O2S/c1-14-17(25)10-11-19-21(14)27-24(33-19)30(13-7-12-29(3)4)23(31)20-15(2)32-28-22(20)16-8-5-6-9-18(16)26/h5-6,8-11H,7,12-13H2,1-4H3. The van der Waals surface area contributed by atoms with E-state index in [0.29, 0.717) is 44.3 Å². The maximum absolute atomic E-state index is 13.9. The van der Waals surface area contributed by atoms with Crippen molar-refractivity contribution in [3.8, 4) is 11.3 Å². The molecule has 0 saturated carbocycles. The molecule has 0 aliphatic carbocycles. The number of aryl methyl sites for hydroxylation is 2. The van der Waals surface area contributed by atoms with Gasteiger partial charge in [-0.15, -0.1) is 0 Å². The van der Waals surface area contributed by atoms with Gasteiger partial charge in [0.1, 0.15) is 17.0 Å². The molecule has 0 fully saturated rings. The number of amides is 1. The number of carbonyl (C=O) groups excluding carboxylic acids is 1. The van der Waals surface area contributed by atoms with E-state index in [-0.39, 0.29) is 5.91 Å². The number of aromatic nitrogens is 2. The van der Waals surface area contributed by atoms with Crippen molar-refractivity contribution in [3.63, 3.8) is 0 Å². The van der Waals surface area contributed by atoms with Gasteiger partial charge in [0.2, 0.25) is 0 Å². The van der Waals surface area contributed by atoms with Crippen LogP contribution in [0.4, 0.5) is 5.13 Å². The van der Waals surface area contributed by atoms with Crippen LogP contribution in [0.2, 0.25) is 10.0 Å². The molecule has 172 valence electrons. The molecule has 33 heavy (non-hydrogen) atoms. The number of thiazole rings is 1. The van der Waals surface area contributed by atoms with Crippen molar-refractivity contribution in [2.24, 2.45) is 0 Å². The zero-order chi connectivity index (χ0) is 23.7. The summed E-state index contributed by atoms with van der Waals surface area (Å²) in [5.41, 5.74) is 3.18. The topological polar surface area (TPSA) is 62.5 Å². The van der Waals surface area contributed by atoms with Crippen LogP contribution in [0.15, 0.2) is 40.9 Å². The Labute approximate surface area is 206 Å². The molecule has 0 aliphatic heterocycles. The molecule has 0 bridgehead atoms. The highest BCUT2D eigenvalue weighted by atomic mass is 35.5. The molecule has 2 heterocycles. The third-order valence-corrected chi connectivity index (χ3v) is 7.19. The van der Waals surface area contributed by atoms with Gasteiger partial charge in [-0.25, -0.2) is 4.98 Å². The van der Waals surface area contributed by atoms with Crippen LogP contribution in [0.3, 0.4) is 0 Å². The Morgan fingerprint density at radius 1 is 1.06 bits per heavy atom. The van der Waals surface area contributed by atoms with Gasteiger partial charge in [0, 0.05) is 17.1 Å². The third-order valence-electron chi connectivity index (χ3n) is 5.41. The highest BCUT2D eigenvalue weighted by Gasteiger charge is 2.29. The number of halogens is 2. The second-order valence-electron chi connectivity index (χ2n) is 8.07. The van der Waals surface area contributed by atoms with Crippen molar-refractivity contribution < 1.29 is 9.32 Å². The van der Waals surface area contributed by atoms with Gasteiger partial charge in [0.05, 0.1) is 15.2 Å². The summed E-state index contributed by atoms with van der Waals surface area (Å²) in [5.74, 6) is 0.220. The normalized spacial score (nSPS) is 11.5. The molecule has 6 nitrogen and oxygen atoms in total. The van der Waals surface area contributed by atoms with Crippen LogP contribution in [0, 0.1) is 13.8 Å². The molecule has 0 spiro atoms. The largest absolute Gasteiger partial charge is 0.360 e. The quantitative estimate of drug-likeness (QED) is 0.289. The zero-order valence-electron chi connectivity index (χ0n) is 18.9. The summed E-state index contributed by atoms with van der Waals surface area (Å²) >= 11 is 14.2. The summed E-state index contributed by atoms with van der Waals surface area (Å²) in [5, 5.41) is 5.94. The molecule has 0 radical (unpaired) electrons. The monoisotopic (exact) mass is 502 g/mol. The number of anilines is 1. The fraction of sp³-hybridized carbons (Fsp3) is 0.292. The molecular weight excluding hydrogens is 479 g/mol. The van der Waals surface area contributed by atoms with E-state index >= 15 is 0 Å². The van der Waals surface area contributed by atoms with E-state index in [0.717, 1.165) is 28.7 Å². The van der Waals surface area contributed by atoms with Gasteiger partial charge in [-0.1, -0.05) is 57.9 Å². The summed E-state index contributed by atoms with van der Waals surface area (Å²) < 4.78 is 6.43. The average molecular weight is 503 g/mol. The number of hydrogen-bond acceptors (Lipinski definition) is 6. The lowest BCUT2D eigenvalue weighted by Gasteiger charge is -2.21. The van der Waals surface area contributed by atoms with Crippen LogP contribution < -0.4 is 4.90 Å². The Morgan fingerprint density at radius 2 is 1.82 bits per heavy atom. The van der Waals surface area contributed by atoms with Crippen molar-refractivity contribution >= 4 is 55.8 Å². The molecule has 1 amide bonds. The number of carbonyl (C=O) groups is 1. The Morgan fingerprint density at radius 3 is 2.55 bits per heavy atom. The molecule has 0 atom stereocenters. The van der Waals surface area contributed by atoms with Gasteiger partial charge < -0.3 is 9.42 Å². The second kappa shape index (κ2) is 9.81. The molecule has 2 aromatic heterocycles. The molecular formula is C24H24Cl2N4O2S. The minimum Gasteiger partial charge on any atom is -0.360 e. The second-order valence-corrected chi connectivity index (χ2v) is 9.89. The maximum atomic E-state index is 13.9. The minimum atomic E-state index is -0.217. The summed E-state index contributed by atoms with van der Waals surface area (Å²) in [6.45, 7) is 5.00. The van der Waals surface area contributed by atoms with Gasteiger partial charge in [0.25, 0.3) is 5.91 Å². The smallest absolute Gasteiger partial charge is 0.265 e. The molecule has 0 N–H and O–H groups in total. The van der Waals surface area contributed by atoms with E-state index in [2.05, 4.69) is 10.1 Å². The first kappa shape index (κ1) is 23.7.